The molecule has 2 amide bonds. The van der Waals surface area contributed by atoms with Gasteiger partial charge in [-0.25, -0.2) is 0 Å². The van der Waals surface area contributed by atoms with Crippen LogP contribution in [0.25, 0.3) is 0 Å². The first-order chi connectivity index (χ1) is 16.6. The quantitative estimate of drug-likeness (QED) is 0.0947. The fraction of sp³-hybridized carbons (Fsp3) is 0.909. The molecule has 13 nitrogen and oxygen atoms in total. The van der Waals surface area contributed by atoms with Crippen LogP contribution in [-0.4, -0.2) is 121 Å². The zero-order valence-corrected chi connectivity index (χ0v) is 20.0. The molecule has 1 fully saturated rings. The molecule has 0 aromatic carbocycles. The monoisotopic (exact) mass is 511 g/mol. The first-order valence-corrected chi connectivity index (χ1v) is 12.0. The molecule has 0 radical (unpaired) electrons. The van der Waals surface area contributed by atoms with Gasteiger partial charge in [0.05, 0.1) is 13.2 Å². The molecule has 206 valence electrons. The van der Waals surface area contributed by atoms with Crippen LogP contribution >= 0.6 is 0 Å². The predicted molar refractivity (Wildman–Crippen MR) is 120 cm³/mol. The minimum absolute atomic E-state index is 0.0341. The number of aliphatic hydroxyl groups is 8. The van der Waals surface area contributed by atoms with Gasteiger partial charge in [0.1, 0.15) is 42.7 Å². The van der Waals surface area contributed by atoms with Gasteiger partial charge < -0.3 is 50.3 Å². The molecule has 13 heteroatoms. The lowest BCUT2D eigenvalue weighted by molar-refractivity contribution is -0.326. The van der Waals surface area contributed by atoms with Crippen molar-refractivity contribution in [3.63, 3.8) is 0 Å². The molecular formula is C22H41NO12. The van der Waals surface area contributed by atoms with E-state index in [0.717, 1.165) is 38.5 Å². The third kappa shape index (κ3) is 9.96. The number of carbonyl (C=O) groups excluding carboxylic acids is 2. The molecule has 9 N–H and O–H groups in total. The van der Waals surface area contributed by atoms with Crippen LogP contribution in [0, 0.1) is 0 Å². The normalized spacial score (nSPS) is 28.2. The third-order valence-electron chi connectivity index (χ3n) is 5.90. The average molecular weight is 512 g/mol. The van der Waals surface area contributed by atoms with Gasteiger partial charge in [-0.1, -0.05) is 45.4 Å². The van der Waals surface area contributed by atoms with Crippen LogP contribution in [0.4, 0.5) is 0 Å². The first kappa shape index (κ1) is 31.8. The molecule has 1 heterocycles. The van der Waals surface area contributed by atoms with Crippen molar-refractivity contribution in [3.05, 3.63) is 0 Å². The highest BCUT2D eigenvalue weighted by atomic mass is 16.7. The van der Waals surface area contributed by atoms with Gasteiger partial charge >= 0.3 is 0 Å². The zero-order valence-electron chi connectivity index (χ0n) is 20.0. The summed E-state index contributed by atoms with van der Waals surface area (Å²) < 4.78 is 10.3. The maximum absolute atomic E-state index is 12.2. The van der Waals surface area contributed by atoms with E-state index in [1.807, 2.05) is 5.32 Å². The Morgan fingerprint density at radius 1 is 0.914 bits per heavy atom. The molecule has 1 aliphatic heterocycles. The summed E-state index contributed by atoms with van der Waals surface area (Å²) in [5.41, 5.74) is 0. The maximum Gasteiger partial charge on any atom is 0.258 e. The van der Waals surface area contributed by atoms with Crippen molar-refractivity contribution in [2.75, 3.05) is 13.2 Å². The second-order valence-electron chi connectivity index (χ2n) is 8.77. The van der Waals surface area contributed by atoms with Crippen LogP contribution in [0.1, 0.15) is 58.3 Å². The van der Waals surface area contributed by atoms with E-state index < -0.39 is 80.1 Å². The van der Waals surface area contributed by atoms with Gasteiger partial charge in [-0.15, -0.1) is 0 Å². The fourth-order valence-electron chi connectivity index (χ4n) is 3.69. The number of imide groups is 1. The number of carbonyl (C=O) groups is 2. The number of hydrogen-bond donors (Lipinski definition) is 9. The topological polar surface area (TPSA) is 226 Å². The lowest BCUT2D eigenvalue weighted by Crippen LogP contribution is -2.62. The van der Waals surface area contributed by atoms with Crippen molar-refractivity contribution in [3.8, 4) is 0 Å². The van der Waals surface area contributed by atoms with Crippen molar-refractivity contribution in [2.45, 2.75) is 113 Å². The summed E-state index contributed by atoms with van der Waals surface area (Å²) in [7, 11) is 0. The van der Waals surface area contributed by atoms with Gasteiger partial charge in [0, 0.05) is 6.42 Å². The number of ether oxygens (including phenoxy) is 2. The number of aliphatic hydroxyl groups excluding tert-OH is 8. The van der Waals surface area contributed by atoms with Crippen molar-refractivity contribution < 1.29 is 59.9 Å². The van der Waals surface area contributed by atoms with E-state index in [4.69, 9.17) is 9.47 Å². The number of unbranched alkanes of at least 4 members (excludes halogenated alkanes) is 6. The summed E-state index contributed by atoms with van der Waals surface area (Å²) in [6.07, 6.45) is -10.1. The SMILES string of the molecule is CCCCCCCCCC(=O)NC(=O)[C@H](O)[C@@H](O)[C@H](O[C@@H]1O[C@H](CO)[C@@H](O)[C@H](O)[C@H]1O)[C@H](O)CO. The van der Waals surface area contributed by atoms with E-state index in [1.54, 1.807) is 0 Å². The largest absolute Gasteiger partial charge is 0.394 e. The second-order valence-corrected chi connectivity index (χ2v) is 8.77. The second kappa shape index (κ2) is 16.5. The van der Waals surface area contributed by atoms with Gasteiger partial charge in [-0.3, -0.25) is 14.9 Å². The van der Waals surface area contributed by atoms with Crippen LogP contribution in [0.2, 0.25) is 0 Å². The Bertz CT molecular complexity index is 621. The number of amides is 2. The maximum atomic E-state index is 12.2. The molecule has 0 aromatic heterocycles. The van der Waals surface area contributed by atoms with Gasteiger partial charge in [-0.05, 0) is 6.42 Å². The summed E-state index contributed by atoms with van der Waals surface area (Å²) in [5, 5.41) is 80.9. The van der Waals surface area contributed by atoms with E-state index in [1.165, 1.54) is 0 Å². The Labute approximate surface area is 204 Å². The molecule has 9 atom stereocenters. The van der Waals surface area contributed by atoms with Crippen molar-refractivity contribution in [2.24, 2.45) is 0 Å². The lowest BCUT2D eigenvalue weighted by Gasteiger charge is -2.42. The molecule has 35 heavy (non-hydrogen) atoms. The van der Waals surface area contributed by atoms with E-state index in [2.05, 4.69) is 6.92 Å². The summed E-state index contributed by atoms with van der Waals surface area (Å²) in [4.78, 5) is 24.2. The van der Waals surface area contributed by atoms with Crippen molar-refractivity contribution in [1.82, 2.24) is 5.32 Å². The first-order valence-electron chi connectivity index (χ1n) is 12.0. The minimum Gasteiger partial charge on any atom is -0.394 e. The van der Waals surface area contributed by atoms with Crippen molar-refractivity contribution in [1.29, 1.82) is 0 Å². The molecule has 1 rings (SSSR count). The highest BCUT2D eigenvalue weighted by Gasteiger charge is 2.47. The summed E-state index contributed by atoms with van der Waals surface area (Å²) in [6.45, 7) is 0.345. The molecule has 0 spiro atoms. The molecule has 0 unspecified atom stereocenters. The van der Waals surface area contributed by atoms with Crippen LogP contribution in [0.5, 0.6) is 0 Å². The smallest absolute Gasteiger partial charge is 0.258 e. The Hall–Kier alpha value is -1.26. The van der Waals surface area contributed by atoms with Crippen LogP contribution < -0.4 is 5.32 Å². The van der Waals surface area contributed by atoms with E-state index in [0.29, 0.717) is 6.42 Å². The molecular weight excluding hydrogens is 470 g/mol. The van der Waals surface area contributed by atoms with Gasteiger partial charge in [-0.2, -0.15) is 0 Å². The Kier molecular flexibility index (Phi) is 15.0. The molecule has 0 bridgehead atoms. The van der Waals surface area contributed by atoms with Crippen molar-refractivity contribution >= 4 is 11.8 Å². The fourth-order valence-corrected chi connectivity index (χ4v) is 3.69. The van der Waals surface area contributed by atoms with E-state index >= 15 is 0 Å². The summed E-state index contributed by atoms with van der Waals surface area (Å²) in [6, 6.07) is 0. The Morgan fingerprint density at radius 3 is 2.09 bits per heavy atom. The molecule has 0 aliphatic carbocycles. The third-order valence-corrected chi connectivity index (χ3v) is 5.90. The highest BCUT2D eigenvalue weighted by Crippen LogP contribution is 2.25. The standard InChI is InChI=1S/C22H41NO12/c1-2-3-4-5-6-7-8-9-14(27)23-21(33)18(31)17(30)20(12(26)10-24)35-22-19(32)16(29)15(28)13(11-25)34-22/h12-13,15-20,22,24-26,28-32H,2-11H2,1H3,(H,23,27,33)/t12-,13-,15-,16+,17-,18-,19-,20-,22+/m1/s1. The lowest BCUT2D eigenvalue weighted by atomic mass is 9.98. The summed E-state index contributed by atoms with van der Waals surface area (Å²) >= 11 is 0. The van der Waals surface area contributed by atoms with Gasteiger partial charge in [0.2, 0.25) is 5.91 Å². The number of hydrogen-bond acceptors (Lipinski definition) is 12. The predicted octanol–water partition coefficient (Wildman–Crippen LogP) is -2.97. The Balaban J connectivity index is 2.67. The molecule has 1 saturated heterocycles. The number of nitrogens with one attached hydrogen (secondary N) is 1. The minimum atomic E-state index is -2.27. The van der Waals surface area contributed by atoms with Crippen LogP contribution in [-0.2, 0) is 19.1 Å². The number of rotatable bonds is 16. The molecule has 0 aromatic rings. The molecule has 0 saturated carbocycles. The summed E-state index contributed by atoms with van der Waals surface area (Å²) in [5.74, 6) is -1.93. The van der Waals surface area contributed by atoms with Crippen LogP contribution in [0.15, 0.2) is 0 Å². The molecule has 1 aliphatic rings. The highest BCUT2D eigenvalue weighted by molar-refractivity contribution is 5.97. The van der Waals surface area contributed by atoms with Gasteiger partial charge in [0.25, 0.3) is 5.91 Å². The van der Waals surface area contributed by atoms with Gasteiger partial charge in [0.15, 0.2) is 12.4 Å². The average Bonchev–Trinajstić information content (AvgIpc) is 2.85. The Morgan fingerprint density at radius 2 is 1.51 bits per heavy atom. The zero-order chi connectivity index (χ0) is 26.5. The van der Waals surface area contributed by atoms with E-state index in [-0.39, 0.29) is 6.42 Å². The van der Waals surface area contributed by atoms with E-state index in [9.17, 15) is 50.4 Å². The van der Waals surface area contributed by atoms with Crippen LogP contribution in [0.3, 0.4) is 0 Å².